The molecular weight excluding hydrogens is 288 g/mol. The van der Waals surface area contributed by atoms with Crippen molar-refractivity contribution in [2.75, 3.05) is 39.3 Å². The number of amides is 2. The van der Waals surface area contributed by atoms with E-state index in [4.69, 9.17) is 11.6 Å². The largest absolute Gasteiger partial charge is 0.337 e. The zero-order valence-corrected chi connectivity index (χ0v) is 12.7. The fraction of sp³-hybridized carbons (Fsp3) is 0.400. The van der Waals surface area contributed by atoms with Crippen LogP contribution in [-0.4, -0.2) is 50.2 Å². The minimum Gasteiger partial charge on any atom is -0.337 e. The second-order valence-electron chi connectivity index (χ2n) is 4.88. The van der Waals surface area contributed by atoms with Crippen LogP contribution in [0.4, 0.5) is 4.79 Å². The van der Waals surface area contributed by atoms with Crippen LogP contribution in [0.5, 0.6) is 0 Å². The first kappa shape index (κ1) is 15.8. The van der Waals surface area contributed by atoms with Crippen molar-refractivity contribution in [3.63, 3.8) is 0 Å². The lowest BCUT2D eigenvalue weighted by molar-refractivity contribution is 0.229. The maximum Gasteiger partial charge on any atom is 0.318 e. The lowest BCUT2D eigenvalue weighted by atomic mass is 10.2. The molecule has 0 aliphatic carbocycles. The van der Waals surface area contributed by atoms with Crippen molar-refractivity contribution in [1.29, 1.82) is 0 Å². The number of carbonyl (C=O) groups is 1. The minimum atomic E-state index is -0.191. The Morgan fingerprint density at radius 2 is 2.19 bits per heavy atom. The minimum absolute atomic E-state index is 0.191. The van der Waals surface area contributed by atoms with Gasteiger partial charge in [-0.15, -0.1) is 0 Å². The maximum absolute atomic E-state index is 11.6. The fourth-order valence-corrected chi connectivity index (χ4v) is 2.34. The van der Waals surface area contributed by atoms with E-state index in [2.05, 4.69) is 20.9 Å². The summed E-state index contributed by atoms with van der Waals surface area (Å²) in [5, 5.41) is 9.50. The molecule has 1 aliphatic heterocycles. The number of nitrogens with zero attached hydrogens (tertiary/aromatic N) is 1. The Balaban J connectivity index is 1.63. The molecule has 114 valence electrons. The number of halogens is 1. The van der Waals surface area contributed by atoms with Gasteiger partial charge < -0.3 is 16.0 Å². The first-order valence-electron chi connectivity index (χ1n) is 7.13. The van der Waals surface area contributed by atoms with Crippen molar-refractivity contribution in [2.45, 2.75) is 0 Å². The molecule has 21 heavy (non-hydrogen) atoms. The predicted octanol–water partition coefficient (Wildman–Crippen LogP) is 1.52. The van der Waals surface area contributed by atoms with Crippen LogP contribution < -0.4 is 16.0 Å². The average molecular weight is 309 g/mol. The quantitative estimate of drug-likeness (QED) is 0.773. The predicted molar refractivity (Wildman–Crippen MR) is 86.3 cm³/mol. The molecule has 1 heterocycles. The summed E-state index contributed by atoms with van der Waals surface area (Å²) in [6, 6.07) is 7.25. The Hall–Kier alpha value is -1.56. The normalized spacial score (nSPS) is 16.0. The Labute approximate surface area is 130 Å². The van der Waals surface area contributed by atoms with Crippen molar-refractivity contribution in [3.8, 4) is 0 Å². The first-order chi connectivity index (χ1) is 10.2. The summed E-state index contributed by atoms with van der Waals surface area (Å²) in [5.41, 5.74) is 0.948. The smallest absolute Gasteiger partial charge is 0.318 e. The third-order valence-corrected chi connectivity index (χ3v) is 3.50. The molecule has 1 aromatic rings. The van der Waals surface area contributed by atoms with E-state index in [0.717, 1.165) is 38.3 Å². The summed E-state index contributed by atoms with van der Waals surface area (Å²) in [7, 11) is 0. The van der Waals surface area contributed by atoms with Crippen molar-refractivity contribution < 1.29 is 4.79 Å². The monoisotopic (exact) mass is 308 g/mol. The van der Waals surface area contributed by atoms with Gasteiger partial charge in [0.05, 0.1) is 0 Å². The molecule has 1 saturated heterocycles. The molecule has 1 aromatic carbocycles. The van der Waals surface area contributed by atoms with Crippen LogP contribution in [0.15, 0.2) is 30.5 Å². The highest BCUT2D eigenvalue weighted by Gasteiger charge is 2.08. The van der Waals surface area contributed by atoms with Gasteiger partial charge in [0.15, 0.2) is 0 Å². The molecule has 2 amide bonds. The number of carbonyl (C=O) groups excluding carboxylic acids is 1. The number of piperazine rings is 1. The van der Waals surface area contributed by atoms with Gasteiger partial charge in [-0.1, -0.05) is 23.7 Å². The van der Waals surface area contributed by atoms with Gasteiger partial charge in [-0.2, -0.15) is 0 Å². The van der Waals surface area contributed by atoms with Crippen LogP contribution in [0, 0.1) is 0 Å². The van der Waals surface area contributed by atoms with Crippen LogP contribution in [0.3, 0.4) is 0 Å². The van der Waals surface area contributed by atoms with E-state index in [-0.39, 0.29) is 6.03 Å². The van der Waals surface area contributed by atoms with Crippen molar-refractivity contribution in [2.24, 2.45) is 0 Å². The van der Waals surface area contributed by atoms with Crippen LogP contribution in [0.2, 0.25) is 5.02 Å². The highest BCUT2D eigenvalue weighted by atomic mass is 35.5. The molecule has 5 nitrogen and oxygen atoms in total. The molecule has 6 heteroatoms. The molecule has 0 unspecified atom stereocenters. The number of benzene rings is 1. The van der Waals surface area contributed by atoms with Gasteiger partial charge >= 0.3 is 6.03 Å². The number of urea groups is 1. The zero-order valence-electron chi connectivity index (χ0n) is 11.9. The fourth-order valence-electron chi connectivity index (χ4n) is 2.14. The van der Waals surface area contributed by atoms with Gasteiger partial charge in [0.2, 0.25) is 0 Å². The summed E-state index contributed by atoms with van der Waals surface area (Å²) in [6.07, 6.45) is 3.42. The van der Waals surface area contributed by atoms with Gasteiger partial charge in [0.1, 0.15) is 0 Å². The highest BCUT2D eigenvalue weighted by Crippen LogP contribution is 2.11. The molecule has 2 rings (SSSR count). The van der Waals surface area contributed by atoms with E-state index in [9.17, 15) is 4.79 Å². The summed E-state index contributed by atoms with van der Waals surface area (Å²) in [6.45, 7) is 5.66. The van der Waals surface area contributed by atoms with E-state index in [1.165, 1.54) is 0 Å². The average Bonchev–Trinajstić information content (AvgIpc) is 2.48. The van der Waals surface area contributed by atoms with Gasteiger partial charge in [-0.3, -0.25) is 4.90 Å². The summed E-state index contributed by atoms with van der Waals surface area (Å²) in [4.78, 5) is 13.9. The molecular formula is C15H21ClN4O. The third-order valence-electron chi connectivity index (χ3n) is 3.26. The van der Waals surface area contributed by atoms with E-state index >= 15 is 0 Å². The molecule has 1 fully saturated rings. The molecule has 0 spiro atoms. The van der Waals surface area contributed by atoms with Crippen molar-refractivity contribution in [1.82, 2.24) is 20.9 Å². The Kier molecular flexibility index (Phi) is 6.53. The SMILES string of the molecule is O=C(N/C=C/c1cccc(Cl)c1)NCCN1CCNCC1. The maximum atomic E-state index is 11.6. The molecule has 0 bridgehead atoms. The highest BCUT2D eigenvalue weighted by molar-refractivity contribution is 6.30. The molecule has 0 aromatic heterocycles. The van der Waals surface area contributed by atoms with Crippen molar-refractivity contribution >= 4 is 23.7 Å². The summed E-state index contributed by atoms with van der Waals surface area (Å²) >= 11 is 5.89. The molecule has 3 N–H and O–H groups in total. The summed E-state index contributed by atoms with van der Waals surface area (Å²) in [5.74, 6) is 0. The van der Waals surface area contributed by atoms with Gasteiger partial charge in [-0.25, -0.2) is 4.79 Å². The van der Waals surface area contributed by atoms with Crippen LogP contribution in [0.25, 0.3) is 6.08 Å². The molecule has 0 radical (unpaired) electrons. The summed E-state index contributed by atoms with van der Waals surface area (Å²) < 4.78 is 0. The Morgan fingerprint density at radius 1 is 1.38 bits per heavy atom. The lowest BCUT2D eigenvalue weighted by Crippen LogP contribution is -2.46. The molecule has 0 atom stereocenters. The second-order valence-corrected chi connectivity index (χ2v) is 5.32. The molecule has 1 aliphatic rings. The number of nitrogens with one attached hydrogen (secondary N) is 3. The van der Waals surface area contributed by atoms with Crippen molar-refractivity contribution in [3.05, 3.63) is 41.1 Å². The van der Waals surface area contributed by atoms with Crippen LogP contribution in [0.1, 0.15) is 5.56 Å². The van der Waals surface area contributed by atoms with Gasteiger partial charge in [0, 0.05) is 50.5 Å². The Bertz CT molecular complexity index is 486. The van der Waals surface area contributed by atoms with Crippen LogP contribution in [-0.2, 0) is 0 Å². The van der Waals surface area contributed by atoms with E-state index in [1.807, 2.05) is 30.3 Å². The number of rotatable bonds is 5. The lowest BCUT2D eigenvalue weighted by Gasteiger charge is -2.26. The number of hydrogen-bond donors (Lipinski definition) is 3. The first-order valence-corrected chi connectivity index (χ1v) is 7.51. The number of hydrogen-bond acceptors (Lipinski definition) is 3. The van der Waals surface area contributed by atoms with E-state index < -0.39 is 0 Å². The van der Waals surface area contributed by atoms with E-state index in [1.54, 1.807) is 6.20 Å². The van der Waals surface area contributed by atoms with Gasteiger partial charge in [0.25, 0.3) is 0 Å². The topological polar surface area (TPSA) is 56.4 Å². The standard InChI is InChI=1S/C15H21ClN4O/c16-14-3-1-2-13(12-14)4-5-18-15(21)19-8-11-20-9-6-17-7-10-20/h1-5,12,17H,6-11H2,(H2,18,19,21)/b5-4+. The second kappa shape index (κ2) is 8.67. The van der Waals surface area contributed by atoms with E-state index in [0.29, 0.717) is 11.6 Å². The Morgan fingerprint density at radius 3 is 2.95 bits per heavy atom. The molecule has 0 saturated carbocycles. The van der Waals surface area contributed by atoms with Gasteiger partial charge in [-0.05, 0) is 23.8 Å². The zero-order chi connectivity index (χ0) is 14.9. The third kappa shape index (κ3) is 6.16. The van der Waals surface area contributed by atoms with Crippen LogP contribution >= 0.6 is 11.6 Å².